The number of nitrogens with one attached hydrogen (secondary N) is 2. The molecule has 0 bridgehead atoms. The summed E-state index contributed by atoms with van der Waals surface area (Å²) in [4.78, 5) is 39.2. The molecule has 2 aromatic carbocycles. The van der Waals surface area contributed by atoms with Crippen molar-refractivity contribution in [3.05, 3.63) is 63.5 Å². The molecule has 1 aliphatic rings. The Hall–Kier alpha value is -2.60. The fourth-order valence-corrected chi connectivity index (χ4v) is 3.72. The lowest BCUT2D eigenvalue weighted by atomic mass is 10.1. The molecule has 2 aromatic rings. The molecule has 1 aliphatic heterocycles. The molecule has 1 saturated heterocycles. The van der Waals surface area contributed by atoms with Gasteiger partial charge in [-0.1, -0.05) is 6.07 Å². The Balaban J connectivity index is 1.76. The van der Waals surface area contributed by atoms with Crippen molar-refractivity contribution in [3.8, 4) is 0 Å². The first kappa shape index (κ1) is 22.1. The first-order valence-corrected chi connectivity index (χ1v) is 10.6. The van der Waals surface area contributed by atoms with E-state index < -0.39 is 23.7 Å². The lowest BCUT2D eigenvalue weighted by Gasteiger charge is -2.24. The van der Waals surface area contributed by atoms with E-state index in [2.05, 4.69) is 33.3 Å². The summed E-state index contributed by atoms with van der Waals surface area (Å²) in [7, 11) is 0. The highest BCUT2D eigenvalue weighted by atomic mass is 127. The highest BCUT2D eigenvalue weighted by molar-refractivity contribution is 14.1. The van der Waals surface area contributed by atoms with Crippen molar-refractivity contribution in [2.24, 2.45) is 0 Å². The van der Waals surface area contributed by atoms with Gasteiger partial charge in [0.2, 0.25) is 5.91 Å². The number of hydrogen-bond acceptors (Lipinski definition) is 4. The molecule has 1 heterocycles. The van der Waals surface area contributed by atoms with Crippen molar-refractivity contribution in [1.29, 1.82) is 0 Å². The predicted octanol–water partition coefficient (Wildman–Crippen LogP) is 2.92. The molecule has 0 spiro atoms. The minimum atomic E-state index is -1.00. The number of nitrogens with zero attached hydrogens (tertiary/aromatic N) is 2. The number of halogens is 2. The summed E-state index contributed by atoms with van der Waals surface area (Å²) in [6, 6.07) is 11.3. The maximum absolute atomic E-state index is 13.4. The van der Waals surface area contributed by atoms with E-state index in [0.717, 1.165) is 9.64 Å². The molecule has 30 heavy (non-hydrogen) atoms. The number of carbonyl (C=O) groups excluding carboxylic acids is 3. The predicted molar refractivity (Wildman–Crippen MR) is 122 cm³/mol. The first-order chi connectivity index (χ1) is 14.3. The van der Waals surface area contributed by atoms with E-state index in [1.54, 1.807) is 19.1 Å². The van der Waals surface area contributed by atoms with Gasteiger partial charge in [0.15, 0.2) is 5.11 Å². The third-order valence-electron chi connectivity index (χ3n) is 4.43. The van der Waals surface area contributed by atoms with Crippen molar-refractivity contribution in [1.82, 2.24) is 15.3 Å². The summed E-state index contributed by atoms with van der Waals surface area (Å²) in [5.74, 6) is -1.99. The molecule has 0 saturated carbocycles. The number of benzene rings is 2. The zero-order chi connectivity index (χ0) is 21.8. The second-order valence-electron chi connectivity index (χ2n) is 6.46. The molecule has 0 radical (unpaired) electrons. The van der Waals surface area contributed by atoms with Crippen LogP contribution in [-0.4, -0.2) is 45.3 Å². The van der Waals surface area contributed by atoms with Gasteiger partial charge in [0, 0.05) is 21.4 Å². The van der Waals surface area contributed by atoms with Crippen LogP contribution in [0.25, 0.3) is 0 Å². The zero-order valence-corrected chi connectivity index (χ0v) is 18.9. The van der Waals surface area contributed by atoms with Crippen LogP contribution in [0.15, 0.2) is 48.5 Å². The molecular weight excluding hydrogens is 522 g/mol. The van der Waals surface area contributed by atoms with Gasteiger partial charge in [0.25, 0.3) is 11.8 Å². The highest BCUT2D eigenvalue weighted by Crippen LogP contribution is 2.20. The summed E-state index contributed by atoms with van der Waals surface area (Å²) in [5.41, 5.74) is 3.20. The van der Waals surface area contributed by atoms with Crippen LogP contribution in [-0.2, 0) is 9.59 Å². The van der Waals surface area contributed by atoms with Gasteiger partial charge in [-0.15, -0.1) is 0 Å². The minimum absolute atomic E-state index is 0.0716. The van der Waals surface area contributed by atoms with E-state index in [-0.39, 0.29) is 23.0 Å². The smallest absolute Gasteiger partial charge is 0.269 e. The molecule has 0 aromatic heterocycles. The fraction of sp³-hybridized carbons (Fsp3) is 0.200. The molecule has 2 N–H and O–H groups in total. The molecule has 3 amide bonds. The van der Waals surface area contributed by atoms with E-state index in [0.29, 0.717) is 12.2 Å². The standard InChI is InChI=1S/C20H18FIN4O3S/c1-2-25-19(29)16(11-17(27)23-15-8-6-14(22)7-9-15)26(20(25)30)24-18(28)12-4-3-5-13(21)10-12/h3-10,16H,2,11H2,1H3,(H,23,27)(H,24,28)/t16-/m0/s1. The average Bonchev–Trinajstić information content (AvgIpc) is 2.93. The van der Waals surface area contributed by atoms with E-state index in [1.165, 1.54) is 28.1 Å². The number of thiocarbonyl (C=S) groups is 1. The van der Waals surface area contributed by atoms with Crippen LogP contribution in [0.1, 0.15) is 23.7 Å². The Labute approximate surface area is 191 Å². The zero-order valence-electron chi connectivity index (χ0n) is 15.9. The number of amides is 3. The van der Waals surface area contributed by atoms with Gasteiger partial charge < -0.3 is 5.32 Å². The van der Waals surface area contributed by atoms with Crippen molar-refractivity contribution >= 4 is 63.3 Å². The second kappa shape index (κ2) is 9.47. The lowest BCUT2D eigenvalue weighted by molar-refractivity contribution is -0.130. The second-order valence-corrected chi connectivity index (χ2v) is 8.07. The normalized spacial score (nSPS) is 16.0. The molecule has 10 heteroatoms. The summed E-state index contributed by atoms with van der Waals surface area (Å²) in [6.07, 6.45) is -0.217. The van der Waals surface area contributed by atoms with Crippen LogP contribution >= 0.6 is 34.8 Å². The largest absolute Gasteiger partial charge is 0.326 e. The number of likely N-dealkylation sites (N-methyl/N-ethyl adjacent to an activating group) is 1. The van der Waals surface area contributed by atoms with Gasteiger partial charge in [0.05, 0.1) is 6.42 Å². The van der Waals surface area contributed by atoms with E-state index in [1.807, 2.05) is 12.1 Å². The Kier molecular flexibility index (Phi) is 6.98. The average molecular weight is 540 g/mol. The topological polar surface area (TPSA) is 81.8 Å². The quantitative estimate of drug-likeness (QED) is 0.435. The Morgan fingerprint density at radius 1 is 1.20 bits per heavy atom. The maximum atomic E-state index is 13.4. The number of hydrogen-bond donors (Lipinski definition) is 2. The third-order valence-corrected chi connectivity index (χ3v) is 5.57. The lowest BCUT2D eigenvalue weighted by Crippen LogP contribution is -2.49. The molecule has 1 fully saturated rings. The molecule has 0 unspecified atom stereocenters. The molecule has 156 valence electrons. The molecule has 3 rings (SSSR count). The Bertz CT molecular complexity index is 1000. The summed E-state index contributed by atoms with van der Waals surface area (Å²) >= 11 is 7.47. The highest BCUT2D eigenvalue weighted by Gasteiger charge is 2.43. The SMILES string of the molecule is CCN1C(=O)[C@H](CC(=O)Nc2ccc(I)cc2)N(NC(=O)c2cccc(F)c2)C1=S. The fourth-order valence-electron chi connectivity index (χ4n) is 2.97. The summed E-state index contributed by atoms with van der Waals surface area (Å²) < 4.78 is 14.5. The summed E-state index contributed by atoms with van der Waals surface area (Å²) in [5, 5.41) is 4.01. The first-order valence-electron chi connectivity index (χ1n) is 9.06. The van der Waals surface area contributed by atoms with Crippen LogP contribution in [0.2, 0.25) is 0 Å². The number of carbonyl (C=O) groups is 3. The van der Waals surface area contributed by atoms with E-state index in [4.69, 9.17) is 12.2 Å². The van der Waals surface area contributed by atoms with Crippen LogP contribution in [0.3, 0.4) is 0 Å². The van der Waals surface area contributed by atoms with E-state index in [9.17, 15) is 18.8 Å². The van der Waals surface area contributed by atoms with Gasteiger partial charge in [-0.25, -0.2) is 9.40 Å². The molecule has 0 aliphatic carbocycles. The van der Waals surface area contributed by atoms with Crippen molar-refractivity contribution in [2.45, 2.75) is 19.4 Å². The van der Waals surface area contributed by atoms with Gasteiger partial charge >= 0.3 is 0 Å². The van der Waals surface area contributed by atoms with Gasteiger partial charge in [-0.2, -0.15) is 0 Å². The number of hydrazine groups is 1. The van der Waals surface area contributed by atoms with Gasteiger partial charge in [0.1, 0.15) is 11.9 Å². The Morgan fingerprint density at radius 2 is 1.90 bits per heavy atom. The van der Waals surface area contributed by atoms with Crippen molar-refractivity contribution in [3.63, 3.8) is 0 Å². The van der Waals surface area contributed by atoms with Crippen LogP contribution in [0.4, 0.5) is 10.1 Å². The van der Waals surface area contributed by atoms with Gasteiger partial charge in [-0.05, 0) is 84.2 Å². The van der Waals surface area contributed by atoms with E-state index >= 15 is 0 Å². The van der Waals surface area contributed by atoms with Crippen LogP contribution in [0, 0.1) is 9.39 Å². The molecule has 1 atom stereocenters. The summed E-state index contributed by atoms with van der Waals surface area (Å²) in [6.45, 7) is 2.03. The number of rotatable bonds is 6. The molecule has 7 nitrogen and oxygen atoms in total. The number of anilines is 1. The van der Waals surface area contributed by atoms with Crippen molar-refractivity contribution < 1.29 is 18.8 Å². The van der Waals surface area contributed by atoms with Crippen LogP contribution in [0.5, 0.6) is 0 Å². The van der Waals surface area contributed by atoms with Crippen LogP contribution < -0.4 is 10.7 Å². The molecular formula is C20H18FIN4O3S. The Morgan fingerprint density at radius 3 is 2.53 bits per heavy atom. The van der Waals surface area contributed by atoms with Crippen molar-refractivity contribution in [2.75, 3.05) is 11.9 Å². The maximum Gasteiger partial charge on any atom is 0.269 e. The van der Waals surface area contributed by atoms with Gasteiger partial charge in [-0.3, -0.25) is 24.7 Å². The monoisotopic (exact) mass is 540 g/mol. The minimum Gasteiger partial charge on any atom is -0.326 e. The third kappa shape index (κ3) is 4.93.